The molecule has 3 aromatic carbocycles. The average molecular weight is 450 g/mol. The summed E-state index contributed by atoms with van der Waals surface area (Å²) in [5, 5.41) is 10.3. The van der Waals surface area contributed by atoms with Crippen molar-refractivity contribution in [2.24, 2.45) is 5.92 Å². The second-order valence-electron chi connectivity index (χ2n) is 8.18. The van der Waals surface area contributed by atoms with Crippen LogP contribution in [0.5, 0.6) is 5.75 Å². The number of carboxylic acids is 1. The first-order valence-corrected chi connectivity index (χ1v) is 11.5. The van der Waals surface area contributed by atoms with Crippen LogP contribution in [0.2, 0.25) is 5.02 Å². The van der Waals surface area contributed by atoms with E-state index in [9.17, 15) is 9.90 Å². The zero-order valence-corrected chi connectivity index (χ0v) is 19.0. The lowest BCUT2D eigenvalue weighted by molar-refractivity contribution is -0.143. The Bertz CT molecular complexity index is 1050. The van der Waals surface area contributed by atoms with E-state index in [1.165, 1.54) is 0 Å². The Kier molecular flexibility index (Phi) is 7.13. The molecule has 1 N–H and O–H groups in total. The number of rotatable bonds is 7. The van der Waals surface area contributed by atoms with Crippen molar-refractivity contribution in [2.45, 2.75) is 25.8 Å². The van der Waals surface area contributed by atoms with Gasteiger partial charge in [-0.05, 0) is 61.2 Å². The van der Waals surface area contributed by atoms with Gasteiger partial charge < -0.3 is 9.84 Å². The fourth-order valence-corrected chi connectivity index (χ4v) is 4.72. The van der Waals surface area contributed by atoms with E-state index >= 15 is 0 Å². The molecular weight excluding hydrogens is 422 g/mol. The van der Waals surface area contributed by atoms with Gasteiger partial charge in [0.15, 0.2) is 0 Å². The summed E-state index contributed by atoms with van der Waals surface area (Å²) in [7, 11) is 0. The van der Waals surface area contributed by atoms with Crippen LogP contribution >= 0.6 is 11.6 Å². The Morgan fingerprint density at radius 1 is 1.09 bits per heavy atom. The summed E-state index contributed by atoms with van der Waals surface area (Å²) < 4.78 is 5.95. The second kappa shape index (κ2) is 10.2. The molecule has 5 heteroatoms. The summed E-state index contributed by atoms with van der Waals surface area (Å²) in [5.41, 5.74) is 4.38. The highest BCUT2D eigenvalue weighted by Gasteiger charge is 2.32. The maximum atomic E-state index is 11.7. The molecule has 4 nitrogen and oxygen atoms in total. The van der Waals surface area contributed by atoms with Gasteiger partial charge in [0.2, 0.25) is 0 Å². The molecule has 0 spiro atoms. The average Bonchev–Trinajstić information content (AvgIpc) is 2.82. The SMILES string of the molecule is CCOc1ccc(Cl)cc1C(c1ccc(-c2ccccc2)cc1)N1CCCC(C(=O)O)C1. The molecule has 166 valence electrons. The van der Waals surface area contributed by atoms with Gasteiger partial charge in [-0.2, -0.15) is 0 Å². The number of benzene rings is 3. The van der Waals surface area contributed by atoms with Crippen molar-refractivity contribution in [1.82, 2.24) is 4.90 Å². The minimum absolute atomic E-state index is 0.137. The summed E-state index contributed by atoms with van der Waals surface area (Å²) in [6.07, 6.45) is 1.56. The molecule has 0 aromatic heterocycles. The van der Waals surface area contributed by atoms with Crippen LogP contribution < -0.4 is 4.74 Å². The van der Waals surface area contributed by atoms with Crippen molar-refractivity contribution in [3.05, 3.63) is 88.9 Å². The quantitative estimate of drug-likeness (QED) is 0.460. The third-order valence-electron chi connectivity index (χ3n) is 6.07. The van der Waals surface area contributed by atoms with E-state index in [1.807, 2.05) is 43.3 Å². The van der Waals surface area contributed by atoms with E-state index in [0.717, 1.165) is 41.0 Å². The molecule has 1 fully saturated rings. The molecule has 0 aliphatic carbocycles. The van der Waals surface area contributed by atoms with Crippen LogP contribution in [-0.4, -0.2) is 35.7 Å². The molecule has 2 unspecified atom stereocenters. The Balaban J connectivity index is 1.76. The predicted octanol–water partition coefficient (Wildman–Crippen LogP) is 6.29. The maximum absolute atomic E-state index is 11.7. The van der Waals surface area contributed by atoms with Crippen LogP contribution in [0.3, 0.4) is 0 Å². The van der Waals surface area contributed by atoms with E-state index in [-0.39, 0.29) is 12.0 Å². The number of aliphatic carboxylic acids is 1. The van der Waals surface area contributed by atoms with Gasteiger partial charge in [0, 0.05) is 17.1 Å². The summed E-state index contributed by atoms with van der Waals surface area (Å²) in [6, 6.07) is 24.3. The summed E-state index contributed by atoms with van der Waals surface area (Å²) in [4.78, 5) is 14.0. The molecule has 1 aliphatic heterocycles. The molecule has 1 heterocycles. The van der Waals surface area contributed by atoms with Gasteiger partial charge in [0.1, 0.15) is 5.75 Å². The van der Waals surface area contributed by atoms with Gasteiger partial charge in [-0.25, -0.2) is 0 Å². The number of nitrogens with zero attached hydrogens (tertiary/aromatic N) is 1. The Morgan fingerprint density at radius 2 is 1.81 bits per heavy atom. The van der Waals surface area contributed by atoms with E-state index in [2.05, 4.69) is 41.3 Å². The van der Waals surface area contributed by atoms with Crippen molar-refractivity contribution in [3.63, 3.8) is 0 Å². The number of hydrogen-bond acceptors (Lipinski definition) is 3. The lowest BCUT2D eigenvalue weighted by Gasteiger charge is -2.38. The van der Waals surface area contributed by atoms with Crippen LogP contribution in [0.15, 0.2) is 72.8 Å². The first kappa shape index (κ1) is 22.4. The molecule has 0 saturated carbocycles. The van der Waals surface area contributed by atoms with E-state index < -0.39 is 5.97 Å². The standard InChI is InChI=1S/C27H28ClNO3/c1-2-32-25-15-14-23(28)17-24(25)26(29-16-6-9-22(18-29)27(30)31)21-12-10-20(11-13-21)19-7-4-3-5-8-19/h3-5,7-8,10-15,17,22,26H,2,6,9,16,18H2,1H3,(H,30,31). The molecule has 1 saturated heterocycles. The molecule has 4 rings (SSSR count). The highest BCUT2D eigenvalue weighted by atomic mass is 35.5. The maximum Gasteiger partial charge on any atom is 0.307 e. The van der Waals surface area contributed by atoms with Crippen molar-refractivity contribution in [1.29, 1.82) is 0 Å². The van der Waals surface area contributed by atoms with Crippen molar-refractivity contribution < 1.29 is 14.6 Å². The third kappa shape index (κ3) is 4.98. The Hall–Kier alpha value is -2.82. The number of likely N-dealkylation sites (tertiary alicyclic amines) is 1. The van der Waals surface area contributed by atoms with Crippen molar-refractivity contribution >= 4 is 17.6 Å². The number of piperidine rings is 1. The summed E-state index contributed by atoms with van der Waals surface area (Å²) in [6.45, 7) is 3.83. The van der Waals surface area contributed by atoms with Gasteiger partial charge in [-0.3, -0.25) is 9.69 Å². The fraction of sp³-hybridized carbons (Fsp3) is 0.296. The Labute approximate surface area is 194 Å². The number of carbonyl (C=O) groups is 1. The minimum Gasteiger partial charge on any atom is -0.494 e. The zero-order valence-electron chi connectivity index (χ0n) is 18.2. The first-order valence-electron chi connectivity index (χ1n) is 11.1. The van der Waals surface area contributed by atoms with Crippen molar-refractivity contribution in [3.8, 4) is 16.9 Å². The molecule has 0 amide bonds. The fourth-order valence-electron chi connectivity index (χ4n) is 4.54. The van der Waals surface area contributed by atoms with Gasteiger partial charge in [0.25, 0.3) is 0 Å². The van der Waals surface area contributed by atoms with E-state index in [0.29, 0.717) is 24.6 Å². The number of hydrogen-bond donors (Lipinski definition) is 1. The van der Waals surface area contributed by atoms with Gasteiger partial charge in [-0.15, -0.1) is 0 Å². The van der Waals surface area contributed by atoms with Crippen LogP contribution in [-0.2, 0) is 4.79 Å². The Morgan fingerprint density at radius 3 is 2.50 bits per heavy atom. The van der Waals surface area contributed by atoms with Crippen LogP contribution in [0.25, 0.3) is 11.1 Å². The first-order chi connectivity index (χ1) is 15.6. The predicted molar refractivity (Wildman–Crippen MR) is 128 cm³/mol. The third-order valence-corrected chi connectivity index (χ3v) is 6.30. The lowest BCUT2D eigenvalue weighted by Crippen LogP contribution is -2.41. The van der Waals surface area contributed by atoms with Gasteiger partial charge in [-0.1, -0.05) is 66.2 Å². The smallest absolute Gasteiger partial charge is 0.307 e. The molecule has 3 aromatic rings. The van der Waals surface area contributed by atoms with E-state index in [1.54, 1.807) is 0 Å². The van der Waals surface area contributed by atoms with Gasteiger partial charge in [0.05, 0.1) is 18.6 Å². The summed E-state index contributed by atoms with van der Waals surface area (Å²) in [5.74, 6) is -0.319. The number of carboxylic acid groups (broad SMARTS) is 1. The van der Waals surface area contributed by atoms with E-state index in [4.69, 9.17) is 16.3 Å². The van der Waals surface area contributed by atoms with Gasteiger partial charge >= 0.3 is 5.97 Å². The second-order valence-corrected chi connectivity index (χ2v) is 8.61. The number of ether oxygens (including phenoxy) is 1. The molecule has 0 radical (unpaired) electrons. The molecule has 2 atom stereocenters. The van der Waals surface area contributed by atoms with Crippen LogP contribution in [0.4, 0.5) is 0 Å². The van der Waals surface area contributed by atoms with Crippen LogP contribution in [0, 0.1) is 5.92 Å². The van der Waals surface area contributed by atoms with Crippen LogP contribution in [0.1, 0.15) is 36.9 Å². The number of halogens is 1. The highest BCUT2D eigenvalue weighted by molar-refractivity contribution is 6.30. The van der Waals surface area contributed by atoms with Crippen molar-refractivity contribution in [2.75, 3.05) is 19.7 Å². The molecular formula is C27H28ClNO3. The monoisotopic (exact) mass is 449 g/mol. The summed E-state index contributed by atoms with van der Waals surface area (Å²) >= 11 is 6.40. The molecule has 1 aliphatic rings. The topological polar surface area (TPSA) is 49.8 Å². The largest absolute Gasteiger partial charge is 0.494 e. The molecule has 0 bridgehead atoms. The highest BCUT2D eigenvalue weighted by Crippen LogP contribution is 2.39. The normalized spacial score (nSPS) is 17.6. The minimum atomic E-state index is -0.732. The molecule has 32 heavy (non-hydrogen) atoms. The zero-order chi connectivity index (χ0) is 22.5. The lowest BCUT2D eigenvalue weighted by atomic mass is 9.90.